The lowest BCUT2D eigenvalue weighted by molar-refractivity contribution is 0.466. The van der Waals surface area contributed by atoms with Gasteiger partial charge in [-0.25, -0.2) is 8.42 Å². The van der Waals surface area contributed by atoms with Crippen molar-refractivity contribution in [2.75, 3.05) is 19.0 Å². The van der Waals surface area contributed by atoms with Crippen molar-refractivity contribution in [2.24, 2.45) is 0 Å². The van der Waals surface area contributed by atoms with Crippen LogP contribution in [0.5, 0.6) is 0 Å². The first-order valence-corrected chi connectivity index (χ1v) is 9.05. The molecule has 0 spiro atoms. The summed E-state index contributed by atoms with van der Waals surface area (Å²) in [5, 5.41) is 0. The first-order chi connectivity index (χ1) is 9.93. The predicted octanol–water partition coefficient (Wildman–Crippen LogP) is 2.81. The number of sulfonamides is 1. The van der Waals surface area contributed by atoms with Crippen LogP contribution in [0.4, 0.5) is 5.69 Å². The lowest BCUT2D eigenvalue weighted by atomic mass is 10.2. The molecule has 0 heterocycles. The van der Waals surface area contributed by atoms with Gasteiger partial charge in [-0.05, 0) is 48.2 Å². The largest absolute Gasteiger partial charge is 0.399 e. The Hall–Kier alpha value is -1.50. The van der Waals surface area contributed by atoms with Gasteiger partial charge >= 0.3 is 0 Å². The average molecular weight is 322 g/mol. The molecular formula is C15H18N2O2S2. The van der Waals surface area contributed by atoms with Gasteiger partial charge in [-0.1, -0.05) is 12.1 Å². The fourth-order valence-corrected chi connectivity index (χ4v) is 3.46. The third-order valence-corrected chi connectivity index (χ3v) is 5.71. The molecule has 0 amide bonds. The molecule has 21 heavy (non-hydrogen) atoms. The number of nitrogen functional groups attached to an aromatic ring is 1. The maximum atomic E-state index is 12.5. The molecule has 2 N–H and O–H groups in total. The van der Waals surface area contributed by atoms with Gasteiger partial charge in [0, 0.05) is 24.2 Å². The van der Waals surface area contributed by atoms with Crippen LogP contribution in [0.3, 0.4) is 0 Å². The number of nitrogens with zero attached hydrogens (tertiary/aromatic N) is 1. The van der Waals surface area contributed by atoms with E-state index in [9.17, 15) is 8.42 Å². The predicted molar refractivity (Wildman–Crippen MR) is 87.7 cm³/mol. The van der Waals surface area contributed by atoms with E-state index < -0.39 is 10.0 Å². The van der Waals surface area contributed by atoms with Crippen molar-refractivity contribution in [1.29, 1.82) is 0 Å². The molecule has 0 unspecified atom stereocenters. The van der Waals surface area contributed by atoms with Gasteiger partial charge in [0.15, 0.2) is 0 Å². The SMILES string of the molecule is CSc1ccc(CN(C)S(=O)(=O)c2ccc(N)cc2)cc1. The highest BCUT2D eigenvalue weighted by Gasteiger charge is 2.20. The van der Waals surface area contributed by atoms with Crippen LogP contribution in [0.15, 0.2) is 58.3 Å². The monoisotopic (exact) mass is 322 g/mol. The number of thioether (sulfide) groups is 1. The van der Waals surface area contributed by atoms with Gasteiger partial charge in [-0.3, -0.25) is 0 Å². The van der Waals surface area contributed by atoms with E-state index in [2.05, 4.69) is 0 Å². The number of hydrogen-bond acceptors (Lipinski definition) is 4. The maximum absolute atomic E-state index is 12.5. The van der Waals surface area contributed by atoms with Crippen LogP contribution in [-0.4, -0.2) is 26.0 Å². The third-order valence-electron chi connectivity index (χ3n) is 3.15. The molecule has 6 heteroatoms. The van der Waals surface area contributed by atoms with E-state index in [-0.39, 0.29) is 4.90 Å². The summed E-state index contributed by atoms with van der Waals surface area (Å²) < 4.78 is 26.2. The molecule has 0 aliphatic heterocycles. The van der Waals surface area contributed by atoms with Crippen LogP contribution in [-0.2, 0) is 16.6 Å². The van der Waals surface area contributed by atoms with Gasteiger partial charge in [0.05, 0.1) is 4.90 Å². The first-order valence-electron chi connectivity index (χ1n) is 6.38. The van der Waals surface area contributed by atoms with E-state index >= 15 is 0 Å². The molecule has 2 aromatic rings. The molecular weight excluding hydrogens is 304 g/mol. The highest BCUT2D eigenvalue weighted by molar-refractivity contribution is 7.98. The van der Waals surface area contributed by atoms with Gasteiger partial charge in [-0.2, -0.15) is 4.31 Å². The Balaban J connectivity index is 2.17. The van der Waals surface area contributed by atoms with E-state index in [4.69, 9.17) is 5.73 Å². The Morgan fingerprint density at radius 2 is 1.62 bits per heavy atom. The fourth-order valence-electron chi connectivity index (χ4n) is 1.89. The molecule has 0 aliphatic rings. The van der Waals surface area contributed by atoms with Gasteiger partial charge in [0.1, 0.15) is 0 Å². The minimum Gasteiger partial charge on any atom is -0.399 e. The van der Waals surface area contributed by atoms with E-state index in [0.717, 1.165) is 10.5 Å². The van der Waals surface area contributed by atoms with Crippen molar-refractivity contribution < 1.29 is 8.42 Å². The molecule has 0 fully saturated rings. The zero-order chi connectivity index (χ0) is 15.5. The summed E-state index contributed by atoms with van der Waals surface area (Å²) in [6.07, 6.45) is 2.01. The van der Waals surface area contributed by atoms with Crippen molar-refractivity contribution in [3.63, 3.8) is 0 Å². The number of nitrogens with two attached hydrogens (primary N) is 1. The van der Waals surface area contributed by atoms with Gasteiger partial charge in [-0.15, -0.1) is 11.8 Å². The van der Waals surface area contributed by atoms with Crippen LogP contribution in [0.1, 0.15) is 5.56 Å². The van der Waals surface area contributed by atoms with E-state index in [1.807, 2.05) is 30.5 Å². The minimum absolute atomic E-state index is 0.250. The molecule has 2 aromatic carbocycles. The van der Waals surface area contributed by atoms with Crippen LogP contribution < -0.4 is 5.73 Å². The Kier molecular flexibility index (Phi) is 4.92. The number of benzene rings is 2. The maximum Gasteiger partial charge on any atom is 0.243 e. The molecule has 0 radical (unpaired) electrons. The highest BCUT2D eigenvalue weighted by Crippen LogP contribution is 2.20. The lowest BCUT2D eigenvalue weighted by Gasteiger charge is -2.17. The molecule has 0 aliphatic carbocycles. The van der Waals surface area contributed by atoms with Crippen molar-refractivity contribution in [3.8, 4) is 0 Å². The molecule has 0 bridgehead atoms. The second-order valence-electron chi connectivity index (χ2n) is 4.68. The summed E-state index contributed by atoms with van der Waals surface area (Å²) in [6.45, 7) is 0.335. The second-order valence-corrected chi connectivity index (χ2v) is 7.60. The molecule has 0 atom stereocenters. The molecule has 2 rings (SSSR count). The fraction of sp³-hybridized carbons (Fsp3) is 0.200. The zero-order valence-corrected chi connectivity index (χ0v) is 13.6. The molecule has 0 aromatic heterocycles. The molecule has 0 saturated carbocycles. The van der Waals surface area contributed by atoms with E-state index in [1.165, 1.54) is 16.4 Å². The number of rotatable bonds is 5. The Labute approximate surface area is 130 Å². The average Bonchev–Trinajstić information content (AvgIpc) is 2.48. The van der Waals surface area contributed by atoms with Crippen molar-refractivity contribution in [3.05, 3.63) is 54.1 Å². The summed E-state index contributed by atoms with van der Waals surface area (Å²) >= 11 is 1.66. The van der Waals surface area contributed by atoms with E-state index in [0.29, 0.717) is 12.2 Å². The van der Waals surface area contributed by atoms with Crippen LogP contribution in [0.2, 0.25) is 0 Å². The Morgan fingerprint density at radius 3 is 2.14 bits per heavy atom. The van der Waals surface area contributed by atoms with Gasteiger partial charge in [0.25, 0.3) is 0 Å². The molecule has 0 saturated heterocycles. The summed E-state index contributed by atoms with van der Waals surface area (Å²) in [6, 6.07) is 14.1. The lowest BCUT2D eigenvalue weighted by Crippen LogP contribution is -2.26. The highest BCUT2D eigenvalue weighted by atomic mass is 32.2. The first kappa shape index (κ1) is 15.9. The Morgan fingerprint density at radius 1 is 1.05 bits per heavy atom. The van der Waals surface area contributed by atoms with Gasteiger partial charge in [0.2, 0.25) is 10.0 Å². The van der Waals surface area contributed by atoms with Crippen LogP contribution in [0.25, 0.3) is 0 Å². The number of hydrogen-bond donors (Lipinski definition) is 1. The molecule has 112 valence electrons. The Bertz CT molecular complexity index is 695. The standard InChI is InChI=1S/C15H18N2O2S2/c1-17(11-12-3-7-14(20-2)8-4-12)21(18,19)15-9-5-13(16)6-10-15/h3-10H,11,16H2,1-2H3. The normalized spacial score (nSPS) is 11.8. The smallest absolute Gasteiger partial charge is 0.243 e. The van der Waals surface area contributed by atoms with Crippen molar-refractivity contribution in [2.45, 2.75) is 16.3 Å². The van der Waals surface area contributed by atoms with Crippen LogP contribution >= 0.6 is 11.8 Å². The zero-order valence-electron chi connectivity index (χ0n) is 12.0. The summed E-state index contributed by atoms with van der Waals surface area (Å²) in [5.74, 6) is 0. The number of anilines is 1. The third kappa shape index (κ3) is 3.78. The van der Waals surface area contributed by atoms with Crippen molar-refractivity contribution >= 4 is 27.5 Å². The van der Waals surface area contributed by atoms with Crippen molar-refractivity contribution in [1.82, 2.24) is 4.31 Å². The minimum atomic E-state index is -3.50. The second kappa shape index (κ2) is 6.51. The van der Waals surface area contributed by atoms with E-state index in [1.54, 1.807) is 30.9 Å². The summed E-state index contributed by atoms with van der Waals surface area (Å²) in [7, 11) is -1.92. The summed E-state index contributed by atoms with van der Waals surface area (Å²) in [4.78, 5) is 1.41. The van der Waals surface area contributed by atoms with Crippen LogP contribution in [0, 0.1) is 0 Å². The quantitative estimate of drug-likeness (QED) is 0.679. The summed E-state index contributed by atoms with van der Waals surface area (Å²) in [5.41, 5.74) is 7.09. The molecule has 4 nitrogen and oxygen atoms in total. The van der Waals surface area contributed by atoms with Gasteiger partial charge < -0.3 is 5.73 Å². The topological polar surface area (TPSA) is 63.4 Å².